The molecule has 1 saturated heterocycles. The first-order chi connectivity index (χ1) is 8.95. The summed E-state index contributed by atoms with van der Waals surface area (Å²) < 4.78 is 1.12. The van der Waals surface area contributed by atoms with E-state index in [0.29, 0.717) is 12.5 Å². The van der Waals surface area contributed by atoms with Crippen LogP contribution in [0.3, 0.4) is 0 Å². The lowest BCUT2D eigenvalue weighted by Crippen LogP contribution is -2.41. The third-order valence-electron chi connectivity index (χ3n) is 3.73. The number of nitrogens with zero attached hydrogens (tertiary/aromatic N) is 1. The summed E-state index contributed by atoms with van der Waals surface area (Å²) in [5.74, 6) is -0.442. The van der Waals surface area contributed by atoms with Gasteiger partial charge in [-0.1, -0.05) is 35.0 Å². The largest absolute Gasteiger partial charge is 0.481 e. The first kappa shape index (κ1) is 14.5. The summed E-state index contributed by atoms with van der Waals surface area (Å²) in [7, 11) is 0. The van der Waals surface area contributed by atoms with Gasteiger partial charge in [-0.25, -0.2) is 0 Å². The summed E-state index contributed by atoms with van der Waals surface area (Å²) in [4.78, 5) is 13.4. The summed E-state index contributed by atoms with van der Waals surface area (Å²) in [6.45, 7) is 6.66. The number of aryl methyl sites for hydroxylation is 1. The van der Waals surface area contributed by atoms with E-state index >= 15 is 0 Å². The van der Waals surface area contributed by atoms with E-state index in [4.69, 9.17) is 0 Å². The second kappa shape index (κ2) is 6.06. The Balaban J connectivity index is 2.05. The van der Waals surface area contributed by atoms with E-state index in [2.05, 4.69) is 52.9 Å². The molecule has 2 atom stereocenters. The number of hydrogen-bond acceptors (Lipinski definition) is 2. The summed E-state index contributed by atoms with van der Waals surface area (Å²) in [5, 5.41) is 9.19. The lowest BCUT2D eigenvalue weighted by atomic mass is 9.90. The quantitative estimate of drug-likeness (QED) is 0.926. The molecule has 0 spiro atoms. The highest BCUT2D eigenvalue weighted by Gasteiger charge is 2.29. The zero-order valence-electron chi connectivity index (χ0n) is 11.4. The fraction of sp³-hybridized carbons (Fsp3) is 0.533. The van der Waals surface area contributed by atoms with Crippen LogP contribution >= 0.6 is 15.9 Å². The van der Waals surface area contributed by atoms with Gasteiger partial charge in [0.1, 0.15) is 0 Å². The Morgan fingerprint density at radius 2 is 2.21 bits per heavy atom. The minimum atomic E-state index is -0.665. The molecule has 104 valence electrons. The van der Waals surface area contributed by atoms with Gasteiger partial charge in [0.15, 0.2) is 0 Å². The molecule has 2 rings (SSSR count). The molecule has 1 aromatic rings. The van der Waals surface area contributed by atoms with E-state index in [-0.39, 0.29) is 5.92 Å². The summed E-state index contributed by atoms with van der Waals surface area (Å²) in [5.41, 5.74) is 2.45. The fourth-order valence-electron chi connectivity index (χ4n) is 2.76. The standard InChI is InChI=1S/C15H20BrNO2/c1-10-5-13(15(18)19)9-17(7-10)8-12-4-3-11(2)14(16)6-12/h3-4,6,10,13H,5,7-9H2,1-2H3,(H,18,19). The number of carbonyl (C=O) groups is 1. The maximum atomic E-state index is 11.2. The van der Waals surface area contributed by atoms with Crippen LogP contribution in [0.15, 0.2) is 22.7 Å². The number of hydrogen-bond donors (Lipinski definition) is 1. The van der Waals surface area contributed by atoms with Crippen LogP contribution in [-0.4, -0.2) is 29.1 Å². The Hall–Kier alpha value is -0.870. The lowest BCUT2D eigenvalue weighted by Gasteiger charge is -2.34. The molecule has 0 aromatic heterocycles. The average Bonchev–Trinajstić information content (AvgIpc) is 2.33. The molecule has 1 aliphatic heterocycles. The maximum absolute atomic E-state index is 11.2. The molecular weight excluding hydrogens is 306 g/mol. The number of piperidine rings is 1. The number of halogens is 1. The second-order valence-electron chi connectivity index (χ2n) is 5.65. The molecule has 2 unspecified atom stereocenters. The highest BCUT2D eigenvalue weighted by Crippen LogP contribution is 2.24. The van der Waals surface area contributed by atoms with Gasteiger partial charge in [0.05, 0.1) is 5.92 Å². The smallest absolute Gasteiger partial charge is 0.307 e. The molecule has 1 fully saturated rings. The molecule has 19 heavy (non-hydrogen) atoms. The number of likely N-dealkylation sites (tertiary alicyclic amines) is 1. The van der Waals surface area contributed by atoms with Crippen LogP contribution < -0.4 is 0 Å². The normalized spacial score (nSPS) is 24.4. The van der Waals surface area contributed by atoms with E-state index < -0.39 is 5.97 Å². The average molecular weight is 326 g/mol. The van der Waals surface area contributed by atoms with Gasteiger partial charge in [-0.3, -0.25) is 9.69 Å². The fourth-order valence-corrected chi connectivity index (χ4v) is 3.19. The minimum Gasteiger partial charge on any atom is -0.481 e. The third-order valence-corrected chi connectivity index (χ3v) is 4.58. The molecule has 3 nitrogen and oxygen atoms in total. The van der Waals surface area contributed by atoms with Gasteiger partial charge < -0.3 is 5.11 Å². The van der Waals surface area contributed by atoms with E-state index in [1.54, 1.807) is 0 Å². The SMILES string of the molecule is Cc1ccc(CN2CC(C)CC(C(=O)O)C2)cc1Br. The van der Waals surface area contributed by atoms with E-state index in [1.807, 2.05) is 0 Å². The first-order valence-electron chi connectivity index (χ1n) is 6.66. The van der Waals surface area contributed by atoms with Gasteiger partial charge in [0.25, 0.3) is 0 Å². The van der Waals surface area contributed by atoms with Crippen LogP contribution in [-0.2, 0) is 11.3 Å². The molecule has 0 amide bonds. The van der Waals surface area contributed by atoms with Gasteiger partial charge in [-0.2, -0.15) is 0 Å². The Morgan fingerprint density at radius 1 is 1.47 bits per heavy atom. The number of benzene rings is 1. The van der Waals surface area contributed by atoms with Crippen LogP contribution in [0.1, 0.15) is 24.5 Å². The molecule has 1 aliphatic rings. The summed E-state index contributed by atoms with van der Waals surface area (Å²) >= 11 is 3.55. The number of carboxylic acids is 1. The predicted octanol–water partition coefficient (Wildman–Crippen LogP) is 3.30. The second-order valence-corrected chi connectivity index (χ2v) is 6.51. The Kier molecular flexibility index (Phi) is 4.63. The third kappa shape index (κ3) is 3.80. The van der Waals surface area contributed by atoms with Crippen LogP contribution in [0.2, 0.25) is 0 Å². The molecule has 0 bridgehead atoms. The first-order valence-corrected chi connectivity index (χ1v) is 7.45. The van der Waals surface area contributed by atoms with Crippen LogP contribution in [0, 0.1) is 18.8 Å². The molecule has 0 radical (unpaired) electrons. The van der Waals surface area contributed by atoms with Crippen LogP contribution in [0.5, 0.6) is 0 Å². The van der Waals surface area contributed by atoms with E-state index in [0.717, 1.165) is 24.0 Å². The highest BCUT2D eigenvalue weighted by molar-refractivity contribution is 9.10. The number of aliphatic carboxylic acids is 1. The molecule has 0 saturated carbocycles. The predicted molar refractivity (Wildman–Crippen MR) is 79.1 cm³/mol. The highest BCUT2D eigenvalue weighted by atomic mass is 79.9. The molecule has 0 aliphatic carbocycles. The van der Waals surface area contributed by atoms with Gasteiger partial charge in [-0.15, -0.1) is 0 Å². The zero-order chi connectivity index (χ0) is 14.0. The molecule has 1 N–H and O–H groups in total. The van der Waals surface area contributed by atoms with Crippen molar-refractivity contribution in [2.45, 2.75) is 26.8 Å². The van der Waals surface area contributed by atoms with Crippen molar-refractivity contribution in [1.29, 1.82) is 0 Å². The van der Waals surface area contributed by atoms with Crippen molar-refractivity contribution in [3.8, 4) is 0 Å². The summed E-state index contributed by atoms with van der Waals surface area (Å²) in [6, 6.07) is 6.35. The monoisotopic (exact) mass is 325 g/mol. The Labute approximate surface area is 122 Å². The minimum absolute atomic E-state index is 0.224. The van der Waals surface area contributed by atoms with Crippen LogP contribution in [0.25, 0.3) is 0 Å². The molecule has 1 aromatic carbocycles. The van der Waals surface area contributed by atoms with Crippen molar-refractivity contribution in [2.24, 2.45) is 11.8 Å². The molecule has 4 heteroatoms. The molecular formula is C15H20BrNO2. The maximum Gasteiger partial charge on any atom is 0.307 e. The van der Waals surface area contributed by atoms with Crippen molar-refractivity contribution in [3.63, 3.8) is 0 Å². The lowest BCUT2D eigenvalue weighted by molar-refractivity contribution is -0.144. The van der Waals surface area contributed by atoms with Crippen molar-refractivity contribution in [1.82, 2.24) is 4.90 Å². The van der Waals surface area contributed by atoms with Gasteiger partial charge in [0, 0.05) is 24.1 Å². The molecule has 1 heterocycles. The van der Waals surface area contributed by atoms with Crippen molar-refractivity contribution < 1.29 is 9.90 Å². The van der Waals surface area contributed by atoms with Crippen LogP contribution in [0.4, 0.5) is 0 Å². The van der Waals surface area contributed by atoms with Gasteiger partial charge >= 0.3 is 5.97 Å². The number of carboxylic acid groups (broad SMARTS) is 1. The van der Waals surface area contributed by atoms with E-state index in [1.165, 1.54) is 11.1 Å². The van der Waals surface area contributed by atoms with Crippen molar-refractivity contribution in [2.75, 3.05) is 13.1 Å². The summed E-state index contributed by atoms with van der Waals surface area (Å²) in [6.07, 6.45) is 0.795. The Morgan fingerprint density at radius 3 is 2.84 bits per heavy atom. The van der Waals surface area contributed by atoms with Crippen molar-refractivity contribution in [3.05, 3.63) is 33.8 Å². The number of rotatable bonds is 3. The van der Waals surface area contributed by atoms with Crippen molar-refractivity contribution >= 4 is 21.9 Å². The Bertz CT molecular complexity index is 475. The van der Waals surface area contributed by atoms with Gasteiger partial charge in [0.2, 0.25) is 0 Å². The van der Waals surface area contributed by atoms with Gasteiger partial charge in [-0.05, 0) is 36.5 Å². The van der Waals surface area contributed by atoms with E-state index in [9.17, 15) is 9.90 Å². The zero-order valence-corrected chi connectivity index (χ0v) is 13.0. The topological polar surface area (TPSA) is 40.5 Å².